The number of carbonyl (C=O) groups excluding carboxylic acids is 1. The first-order valence-electron chi connectivity index (χ1n) is 9.37. The summed E-state index contributed by atoms with van der Waals surface area (Å²) in [5.74, 6) is 1.07. The predicted octanol–water partition coefficient (Wildman–Crippen LogP) is 3.25. The van der Waals surface area contributed by atoms with Gasteiger partial charge < -0.3 is 5.73 Å². The molecule has 0 unspecified atom stereocenters. The number of rotatable bonds is 6. The Labute approximate surface area is 171 Å². The van der Waals surface area contributed by atoms with Gasteiger partial charge in [0, 0.05) is 43.9 Å². The van der Waals surface area contributed by atoms with Crippen LogP contribution in [0.2, 0.25) is 0 Å². The van der Waals surface area contributed by atoms with Gasteiger partial charge in [0.15, 0.2) is 5.13 Å². The van der Waals surface area contributed by atoms with Crippen molar-refractivity contribution in [3.63, 3.8) is 0 Å². The van der Waals surface area contributed by atoms with Gasteiger partial charge in [-0.05, 0) is 30.9 Å². The summed E-state index contributed by atoms with van der Waals surface area (Å²) in [6, 6.07) is 11.0. The second-order valence-electron chi connectivity index (χ2n) is 7.45. The molecule has 1 saturated carbocycles. The van der Waals surface area contributed by atoms with Crippen LogP contribution in [0.15, 0.2) is 35.7 Å². The van der Waals surface area contributed by atoms with Gasteiger partial charge in [-0.15, -0.1) is 23.7 Å². The average Bonchev–Trinajstić information content (AvgIpc) is 3.22. The van der Waals surface area contributed by atoms with Crippen molar-refractivity contribution in [3.05, 3.63) is 47.0 Å². The Balaban J connectivity index is 0.00000210. The summed E-state index contributed by atoms with van der Waals surface area (Å²) in [4.78, 5) is 21.0. The van der Waals surface area contributed by atoms with Crippen molar-refractivity contribution in [2.24, 2.45) is 11.7 Å². The third kappa shape index (κ3) is 4.51. The molecule has 2 N–H and O–H groups in total. The molecule has 1 saturated heterocycles. The molecule has 0 bridgehead atoms. The number of carbonyl (C=O) groups is 1. The summed E-state index contributed by atoms with van der Waals surface area (Å²) in [5.41, 5.74) is 8.48. The monoisotopic (exact) mass is 406 g/mol. The summed E-state index contributed by atoms with van der Waals surface area (Å²) in [7, 11) is 0. The Morgan fingerprint density at radius 2 is 2.04 bits per heavy atom. The van der Waals surface area contributed by atoms with E-state index in [1.54, 1.807) is 18.3 Å². The van der Waals surface area contributed by atoms with Gasteiger partial charge in [-0.2, -0.15) is 0 Å². The van der Waals surface area contributed by atoms with E-state index in [4.69, 9.17) is 10.7 Å². The van der Waals surface area contributed by atoms with Gasteiger partial charge in [-0.1, -0.05) is 30.3 Å². The number of amides is 1. The standard InChI is InChI=1S/C20H26N4OS.ClH/c1-14(25)24(18-7-8-18)20-22-17(13-26-20)11-23-10-16(9-21)19(12-23)15-5-3-2-4-6-15;/h2-6,13,16,18-19H,7-12,21H2,1H3;1H/t16-,19+;/m1./s1. The topological polar surface area (TPSA) is 62.5 Å². The fourth-order valence-electron chi connectivity index (χ4n) is 4.00. The average molecular weight is 407 g/mol. The summed E-state index contributed by atoms with van der Waals surface area (Å²) in [6.07, 6.45) is 2.19. The molecule has 1 aromatic carbocycles. The lowest BCUT2D eigenvalue weighted by atomic mass is 9.89. The van der Waals surface area contributed by atoms with Crippen molar-refractivity contribution in [1.82, 2.24) is 9.88 Å². The smallest absolute Gasteiger partial charge is 0.225 e. The Bertz CT molecular complexity index is 764. The minimum absolute atomic E-state index is 0. The minimum atomic E-state index is 0. The zero-order valence-electron chi connectivity index (χ0n) is 15.6. The Morgan fingerprint density at radius 1 is 1.30 bits per heavy atom. The Morgan fingerprint density at radius 3 is 2.67 bits per heavy atom. The normalized spacial score (nSPS) is 22.4. The number of anilines is 1. The van der Waals surface area contributed by atoms with Crippen LogP contribution in [0.1, 0.15) is 36.9 Å². The lowest BCUT2D eigenvalue weighted by molar-refractivity contribution is -0.116. The minimum Gasteiger partial charge on any atom is -0.330 e. The molecule has 5 nitrogen and oxygen atoms in total. The van der Waals surface area contributed by atoms with Gasteiger partial charge in [-0.25, -0.2) is 4.98 Å². The number of nitrogens with two attached hydrogens (primary N) is 1. The van der Waals surface area contributed by atoms with E-state index < -0.39 is 0 Å². The number of likely N-dealkylation sites (tertiary alicyclic amines) is 1. The van der Waals surface area contributed by atoms with E-state index in [-0.39, 0.29) is 18.3 Å². The third-order valence-corrected chi connectivity index (χ3v) is 6.32. The molecule has 1 amide bonds. The molecular formula is C20H27ClN4OS. The number of nitrogens with zero attached hydrogens (tertiary/aromatic N) is 3. The third-order valence-electron chi connectivity index (χ3n) is 5.43. The molecule has 1 aliphatic heterocycles. The van der Waals surface area contributed by atoms with Crippen LogP contribution in [0.5, 0.6) is 0 Å². The largest absolute Gasteiger partial charge is 0.330 e. The molecule has 146 valence electrons. The van der Waals surface area contributed by atoms with Crippen LogP contribution in [0.3, 0.4) is 0 Å². The molecule has 1 aliphatic carbocycles. The molecule has 4 rings (SSSR count). The molecule has 7 heteroatoms. The summed E-state index contributed by atoms with van der Waals surface area (Å²) in [5, 5.41) is 2.95. The highest BCUT2D eigenvalue weighted by molar-refractivity contribution is 7.14. The first kappa shape index (κ1) is 20.3. The lowest BCUT2D eigenvalue weighted by Crippen LogP contribution is -2.30. The molecule has 2 aliphatic rings. The highest BCUT2D eigenvalue weighted by Crippen LogP contribution is 2.35. The van der Waals surface area contributed by atoms with E-state index >= 15 is 0 Å². The number of thiazole rings is 1. The van der Waals surface area contributed by atoms with E-state index in [0.29, 0.717) is 24.4 Å². The number of halogens is 1. The van der Waals surface area contributed by atoms with Crippen molar-refractivity contribution < 1.29 is 4.79 Å². The predicted molar refractivity (Wildman–Crippen MR) is 113 cm³/mol. The molecule has 2 aromatic rings. The second-order valence-corrected chi connectivity index (χ2v) is 8.29. The van der Waals surface area contributed by atoms with E-state index in [1.165, 1.54) is 5.56 Å². The van der Waals surface area contributed by atoms with Crippen molar-refractivity contribution >= 4 is 34.8 Å². The van der Waals surface area contributed by atoms with Crippen LogP contribution >= 0.6 is 23.7 Å². The highest BCUT2D eigenvalue weighted by atomic mass is 35.5. The van der Waals surface area contributed by atoms with Crippen molar-refractivity contribution in [1.29, 1.82) is 0 Å². The number of aromatic nitrogens is 1. The summed E-state index contributed by atoms with van der Waals surface area (Å²) < 4.78 is 0. The van der Waals surface area contributed by atoms with Crippen LogP contribution in [0, 0.1) is 5.92 Å². The van der Waals surface area contributed by atoms with Gasteiger partial charge in [0.25, 0.3) is 0 Å². The quantitative estimate of drug-likeness (QED) is 0.799. The second kappa shape index (κ2) is 8.69. The maximum absolute atomic E-state index is 11.9. The van der Waals surface area contributed by atoms with E-state index in [0.717, 1.165) is 43.3 Å². The van der Waals surface area contributed by atoms with Crippen LogP contribution < -0.4 is 10.6 Å². The Hall–Kier alpha value is -1.47. The molecule has 0 spiro atoms. The van der Waals surface area contributed by atoms with Gasteiger partial charge in [0.2, 0.25) is 5.91 Å². The van der Waals surface area contributed by atoms with Crippen LogP contribution in [0.25, 0.3) is 0 Å². The molecular weight excluding hydrogens is 380 g/mol. The van der Waals surface area contributed by atoms with Gasteiger partial charge in [0.1, 0.15) is 0 Å². The first-order chi connectivity index (χ1) is 12.7. The zero-order valence-corrected chi connectivity index (χ0v) is 17.2. The fraction of sp³-hybridized carbons (Fsp3) is 0.500. The molecule has 27 heavy (non-hydrogen) atoms. The maximum atomic E-state index is 11.9. The van der Waals surface area contributed by atoms with E-state index in [1.807, 2.05) is 4.90 Å². The van der Waals surface area contributed by atoms with E-state index in [2.05, 4.69) is 40.6 Å². The molecule has 1 aromatic heterocycles. The van der Waals surface area contributed by atoms with Gasteiger partial charge in [0.05, 0.1) is 5.69 Å². The molecule has 0 radical (unpaired) electrons. The van der Waals surface area contributed by atoms with Crippen LogP contribution in [0.4, 0.5) is 5.13 Å². The highest BCUT2D eigenvalue weighted by Gasteiger charge is 2.35. The van der Waals surface area contributed by atoms with Gasteiger partial charge in [-0.3, -0.25) is 14.6 Å². The van der Waals surface area contributed by atoms with Crippen molar-refractivity contribution in [3.8, 4) is 0 Å². The van der Waals surface area contributed by atoms with Crippen LogP contribution in [-0.2, 0) is 11.3 Å². The van der Waals surface area contributed by atoms with E-state index in [9.17, 15) is 4.79 Å². The van der Waals surface area contributed by atoms with Crippen molar-refractivity contribution in [2.75, 3.05) is 24.5 Å². The Kier molecular flexibility index (Phi) is 6.52. The fourth-order valence-corrected chi connectivity index (χ4v) is 4.93. The number of hydrogen-bond acceptors (Lipinski definition) is 5. The number of hydrogen-bond donors (Lipinski definition) is 1. The van der Waals surface area contributed by atoms with Crippen LogP contribution in [-0.4, -0.2) is 41.5 Å². The molecule has 2 atom stereocenters. The summed E-state index contributed by atoms with van der Waals surface area (Å²) in [6.45, 7) is 5.18. The lowest BCUT2D eigenvalue weighted by Gasteiger charge is -2.17. The molecule has 2 fully saturated rings. The number of benzene rings is 1. The first-order valence-corrected chi connectivity index (χ1v) is 10.2. The summed E-state index contributed by atoms with van der Waals surface area (Å²) >= 11 is 1.58. The van der Waals surface area contributed by atoms with Gasteiger partial charge >= 0.3 is 0 Å². The molecule has 2 heterocycles. The maximum Gasteiger partial charge on any atom is 0.225 e. The SMILES string of the molecule is CC(=O)N(c1nc(CN2C[C@@H](CN)[C@H](c3ccccc3)C2)cs1)C1CC1.Cl. The van der Waals surface area contributed by atoms with Crippen molar-refractivity contribution in [2.45, 2.75) is 38.3 Å². The zero-order chi connectivity index (χ0) is 18.1.